The van der Waals surface area contributed by atoms with Crippen molar-refractivity contribution in [3.8, 4) is 0 Å². The number of aliphatic hydroxyl groups excluding tert-OH is 1. The average molecular weight is 222 g/mol. The maximum atomic E-state index is 8.65. The summed E-state index contributed by atoms with van der Waals surface area (Å²) >= 11 is 4.99. The van der Waals surface area contributed by atoms with E-state index in [9.17, 15) is 0 Å². The van der Waals surface area contributed by atoms with Crippen LogP contribution in [0.2, 0.25) is 0 Å². The summed E-state index contributed by atoms with van der Waals surface area (Å²) in [4.78, 5) is 0. The van der Waals surface area contributed by atoms with Gasteiger partial charge in [0.1, 0.15) is 0 Å². The van der Waals surface area contributed by atoms with Crippen LogP contribution in [0.5, 0.6) is 0 Å². The van der Waals surface area contributed by atoms with Gasteiger partial charge in [-0.3, -0.25) is 0 Å². The van der Waals surface area contributed by atoms with Gasteiger partial charge in [0.25, 0.3) is 0 Å². The monoisotopic (exact) mass is 222 g/mol. The van der Waals surface area contributed by atoms with Crippen LogP contribution in [-0.2, 0) is 0 Å². The van der Waals surface area contributed by atoms with Gasteiger partial charge in [-0.25, -0.2) is 0 Å². The molecule has 0 aromatic heterocycles. The third kappa shape index (κ3) is 4.10. The van der Waals surface area contributed by atoms with Crippen LogP contribution in [0, 0.1) is 0 Å². The van der Waals surface area contributed by atoms with E-state index in [1.54, 1.807) is 13.1 Å². The fourth-order valence-corrected chi connectivity index (χ4v) is 1.22. The van der Waals surface area contributed by atoms with E-state index in [-0.39, 0.29) is 6.61 Å². The highest BCUT2D eigenvalue weighted by molar-refractivity contribution is 7.80. The molecule has 0 aliphatic carbocycles. The molecule has 1 aromatic carbocycles. The molecule has 0 unspecified atom stereocenters. The number of nitrogens with one attached hydrogen (secondary N) is 2. The summed E-state index contributed by atoms with van der Waals surface area (Å²) < 4.78 is 0. The first kappa shape index (κ1) is 11.7. The Bertz CT molecular complexity index is 363. The SMILES string of the molecule is CNC(=S)Nc1cccc(C=CCO)c1. The van der Waals surface area contributed by atoms with Crippen molar-refractivity contribution in [2.45, 2.75) is 0 Å². The molecule has 3 nitrogen and oxygen atoms in total. The lowest BCUT2D eigenvalue weighted by Gasteiger charge is -2.07. The van der Waals surface area contributed by atoms with Crippen LogP contribution in [0.3, 0.4) is 0 Å². The molecule has 0 saturated carbocycles. The molecule has 0 amide bonds. The van der Waals surface area contributed by atoms with Gasteiger partial charge in [-0.2, -0.15) is 0 Å². The van der Waals surface area contributed by atoms with Crippen molar-refractivity contribution in [2.24, 2.45) is 0 Å². The van der Waals surface area contributed by atoms with E-state index in [4.69, 9.17) is 17.3 Å². The second-order valence-electron chi connectivity index (χ2n) is 2.91. The fraction of sp³-hybridized carbons (Fsp3) is 0.182. The van der Waals surface area contributed by atoms with E-state index in [1.165, 1.54) is 0 Å². The number of hydrogen-bond acceptors (Lipinski definition) is 2. The Hall–Kier alpha value is -1.39. The minimum Gasteiger partial charge on any atom is -0.392 e. The highest BCUT2D eigenvalue weighted by Crippen LogP contribution is 2.11. The van der Waals surface area contributed by atoms with Crippen molar-refractivity contribution < 1.29 is 5.11 Å². The zero-order valence-corrected chi connectivity index (χ0v) is 9.34. The van der Waals surface area contributed by atoms with Crippen molar-refractivity contribution in [3.05, 3.63) is 35.9 Å². The van der Waals surface area contributed by atoms with Crippen LogP contribution in [-0.4, -0.2) is 23.9 Å². The molecule has 3 N–H and O–H groups in total. The predicted molar refractivity (Wildman–Crippen MR) is 67.8 cm³/mol. The molecular weight excluding hydrogens is 208 g/mol. The third-order valence-corrected chi connectivity index (χ3v) is 2.09. The van der Waals surface area contributed by atoms with E-state index >= 15 is 0 Å². The molecule has 0 aliphatic rings. The Balaban J connectivity index is 2.74. The van der Waals surface area contributed by atoms with Crippen LogP contribution in [0.4, 0.5) is 5.69 Å². The van der Waals surface area contributed by atoms with Gasteiger partial charge in [-0.1, -0.05) is 24.3 Å². The van der Waals surface area contributed by atoms with Crippen LogP contribution >= 0.6 is 12.2 Å². The lowest BCUT2D eigenvalue weighted by molar-refractivity contribution is 0.343. The maximum Gasteiger partial charge on any atom is 0.170 e. The Morgan fingerprint density at radius 3 is 3.00 bits per heavy atom. The number of thiocarbonyl (C=S) groups is 1. The summed E-state index contributed by atoms with van der Waals surface area (Å²) in [5, 5.41) is 15.1. The average Bonchev–Trinajstić information content (AvgIpc) is 2.26. The Labute approximate surface area is 94.8 Å². The predicted octanol–water partition coefficient (Wildman–Crippen LogP) is 1.61. The summed E-state index contributed by atoms with van der Waals surface area (Å²) in [7, 11) is 1.77. The third-order valence-electron chi connectivity index (χ3n) is 1.79. The minimum absolute atomic E-state index is 0.0482. The number of anilines is 1. The van der Waals surface area contributed by atoms with Gasteiger partial charge >= 0.3 is 0 Å². The molecule has 0 radical (unpaired) electrons. The van der Waals surface area contributed by atoms with E-state index in [0.717, 1.165) is 11.3 Å². The van der Waals surface area contributed by atoms with Crippen LogP contribution in [0.25, 0.3) is 6.08 Å². The lowest BCUT2D eigenvalue weighted by atomic mass is 10.2. The molecule has 0 saturated heterocycles. The number of aliphatic hydroxyl groups is 1. The first-order valence-electron chi connectivity index (χ1n) is 4.62. The summed E-state index contributed by atoms with van der Waals surface area (Å²) in [6.45, 7) is 0.0482. The van der Waals surface area contributed by atoms with Gasteiger partial charge in [-0.05, 0) is 29.9 Å². The summed E-state index contributed by atoms with van der Waals surface area (Å²) in [5.41, 5.74) is 1.95. The number of hydrogen-bond donors (Lipinski definition) is 3. The molecule has 4 heteroatoms. The largest absolute Gasteiger partial charge is 0.392 e. The standard InChI is InChI=1S/C11H14N2OS/c1-12-11(15)13-10-6-2-4-9(8-10)5-3-7-14/h2-6,8,14H,7H2,1H3,(H2,12,13,15). The van der Waals surface area contributed by atoms with Gasteiger partial charge < -0.3 is 15.7 Å². The molecule has 0 heterocycles. The quantitative estimate of drug-likeness (QED) is 0.680. The van der Waals surface area contributed by atoms with Gasteiger partial charge in [0, 0.05) is 12.7 Å². The molecule has 0 atom stereocenters. The van der Waals surface area contributed by atoms with Crippen molar-refractivity contribution >= 4 is 29.1 Å². The molecule has 1 rings (SSSR count). The highest BCUT2D eigenvalue weighted by Gasteiger charge is 1.94. The van der Waals surface area contributed by atoms with Gasteiger partial charge in [0.15, 0.2) is 5.11 Å². The van der Waals surface area contributed by atoms with E-state index in [0.29, 0.717) is 5.11 Å². The van der Waals surface area contributed by atoms with E-state index in [2.05, 4.69) is 10.6 Å². The molecule has 1 aromatic rings. The first-order valence-corrected chi connectivity index (χ1v) is 5.03. The summed E-state index contributed by atoms with van der Waals surface area (Å²) in [5.74, 6) is 0. The summed E-state index contributed by atoms with van der Waals surface area (Å²) in [6, 6.07) is 7.77. The van der Waals surface area contributed by atoms with Crippen molar-refractivity contribution in [2.75, 3.05) is 19.0 Å². The lowest BCUT2D eigenvalue weighted by Crippen LogP contribution is -2.24. The minimum atomic E-state index is 0.0482. The van der Waals surface area contributed by atoms with E-state index < -0.39 is 0 Å². The maximum absolute atomic E-state index is 8.65. The second kappa shape index (κ2) is 6.16. The summed E-state index contributed by atoms with van der Waals surface area (Å²) in [6.07, 6.45) is 3.54. The fourth-order valence-electron chi connectivity index (χ4n) is 1.10. The van der Waals surface area contributed by atoms with Gasteiger partial charge in [0.2, 0.25) is 0 Å². The topological polar surface area (TPSA) is 44.3 Å². The van der Waals surface area contributed by atoms with E-state index in [1.807, 2.05) is 30.3 Å². The van der Waals surface area contributed by atoms with Crippen molar-refractivity contribution in [1.29, 1.82) is 0 Å². The zero-order chi connectivity index (χ0) is 11.1. The molecule has 0 fully saturated rings. The van der Waals surface area contributed by atoms with Crippen molar-refractivity contribution in [1.82, 2.24) is 5.32 Å². The Morgan fingerprint density at radius 2 is 2.33 bits per heavy atom. The first-order chi connectivity index (χ1) is 7.26. The zero-order valence-electron chi connectivity index (χ0n) is 8.53. The van der Waals surface area contributed by atoms with Crippen LogP contribution < -0.4 is 10.6 Å². The highest BCUT2D eigenvalue weighted by atomic mass is 32.1. The smallest absolute Gasteiger partial charge is 0.170 e. The van der Waals surface area contributed by atoms with Crippen molar-refractivity contribution in [3.63, 3.8) is 0 Å². The second-order valence-corrected chi connectivity index (χ2v) is 3.32. The van der Waals surface area contributed by atoms with Gasteiger partial charge in [-0.15, -0.1) is 0 Å². The van der Waals surface area contributed by atoms with Crippen LogP contribution in [0.15, 0.2) is 30.3 Å². The number of rotatable bonds is 3. The Kier molecular flexibility index (Phi) is 4.80. The van der Waals surface area contributed by atoms with Crippen LogP contribution in [0.1, 0.15) is 5.56 Å². The molecule has 15 heavy (non-hydrogen) atoms. The molecule has 0 spiro atoms. The molecule has 0 bridgehead atoms. The molecule has 80 valence electrons. The number of benzene rings is 1. The molecule has 0 aliphatic heterocycles. The molecular formula is C11H14N2OS. The Morgan fingerprint density at radius 1 is 1.53 bits per heavy atom. The normalized spacial score (nSPS) is 10.3. The van der Waals surface area contributed by atoms with Gasteiger partial charge in [0.05, 0.1) is 6.61 Å².